The first-order chi connectivity index (χ1) is 8.49. The van der Waals surface area contributed by atoms with Crippen LogP contribution in [0.15, 0.2) is 12.4 Å². The van der Waals surface area contributed by atoms with Crippen LogP contribution in [0.4, 0.5) is 4.79 Å². The van der Waals surface area contributed by atoms with Crippen molar-refractivity contribution in [2.24, 2.45) is 5.92 Å². The number of nitrogens with zero attached hydrogens (tertiary/aromatic N) is 1. The van der Waals surface area contributed by atoms with Crippen LogP contribution in [0.25, 0.3) is 0 Å². The summed E-state index contributed by atoms with van der Waals surface area (Å²) in [5, 5.41) is 13.9. The number of amides is 2. The fraction of sp³-hybridized carbons (Fsp3) is 0.545. The molecule has 0 aromatic carbocycles. The molecular formula is C11H18N4O3. The van der Waals surface area contributed by atoms with Crippen molar-refractivity contribution in [2.45, 2.75) is 32.9 Å². The molecule has 1 aromatic rings. The molecule has 0 saturated carbocycles. The van der Waals surface area contributed by atoms with Crippen LogP contribution in [0.2, 0.25) is 0 Å². The smallest absolute Gasteiger partial charge is 0.326 e. The number of aromatic amines is 1. The number of carbonyl (C=O) groups excluding carboxylic acids is 1. The molecule has 0 aliphatic rings. The van der Waals surface area contributed by atoms with Crippen LogP contribution in [0.3, 0.4) is 0 Å². The Morgan fingerprint density at radius 1 is 1.50 bits per heavy atom. The summed E-state index contributed by atoms with van der Waals surface area (Å²) in [4.78, 5) is 29.2. The highest BCUT2D eigenvalue weighted by Crippen LogP contribution is 2.04. The Bertz CT molecular complexity index is 389. The lowest BCUT2D eigenvalue weighted by molar-refractivity contribution is -0.139. The summed E-state index contributed by atoms with van der Waals surface area (Å²) >= 11 is 0. The van der Waals surface area contributed by atoms with Crippen molar-refractivity contribution in [3.63, 3.8) is 0 Å². The van der Waals surface area contributed by atoms with Crippen molar-refractivity contribution < 1.29 is 14.7 Å². The first-order valence-electron chi connectivity index (χ1n) is 5.74. The highest BCUT2D eigenvalue weighted by molar-refractivity contribution is 5.82. The van der Waals surface area contributed by atoms with Crippen molar-refractivity contribution in [3.05, 3.63) is 18.2 Å². The molecule has 4 N–H and O–H groups in total. The quantitative estimate of drug-likeness (QED) is 0.599. The number of rotatable bonds is 6. The van der Waals surface area contributed by atoms with Crippen LogP contribution >= 0.6 is 0 Å². The predicted molar refractivity (Wildman–Crippen MR) is 64.8 cm³/mol. The number of hydrogen-bond acceptors (Lipinski definition) is 3. The average molecular weight is 254 g/mol. The summed E-state index contributed by atoms with van der Waals surface area (Å²) < 4.78 is 0. The Hall–Kier alpha value is -2.05. The van der Waals surface area contributed by atoms with Gasteiger partial charge in [0.1, 0.15) is 11.9 Å². The third-order valence-electron chi connectivity index (χ3n) is 2.28. The number of nitrogens with one attached hydrogen (secondary N) is 3. The van der Waals surface area contributed by atoms with E-state index in [4.69, 9.17) is 5.11 Å². The normalized spacial score (nSPS) is 12.2. The maximum absolute atomic E-state index is 11.5. The number of carboxylic acids is 1. The Labute approximate surface area is 105 Å². The van der Waals surface area contributed by atoms with E-state index in [0.717, 1.165) is 0 Å². The van der Waals surface area contributed by atoms with E-state index in [1.165, 1.54) is 0 Å². The Kier molecular flexibility index (Phi) is 5.16. The molecule has 1 atom stereocenters. The summed E-state index contributed by atoms with van der Waals surface area (Å²) in [5.74, 6) is -0.228. The minimum Gasteiger partial charge on any atom is -0.480 e. The van der Waals surface area contributed by atoms with E-state index < -0.39 is 18.0 Å². The number of aliphatic carboxylic acids is 1. The predicted octanol–water partition coefficient (Wildman–Crippen LogP) is 0.708. The Morgan fingerprint density at radius 2 is 2.22 bits per heavy atom. The highest BCUT2D eigenvalue weighted by atomic mass is 16.4. The second kappa shape index (κ2) is 6.63. The largest absolute Gasteiger partial charge is 0.480 e. The Morgan fingerprint density at radius 3 is 2.72 bits per heavy atom. The molecule has 7 nitrogen and oxygen atoms in total. The molecule has 1 rings (SSSR count). The molecule has 0 bridgehead atoms. The van der Waals surface area contributed by atoms with Gasteiger partial charge in [-0.15, -0.1) is 0 Å². The average Bonchev–Trinajstić information content (AvgIpc) is 2.77. The number of aromatic nitrogens is 2. The van der Waals surface area contributed by atoms with Gasteiger partial charge in [-0.05, 0) is 12.3 Å². The van der Waals surface area contributed by atoms with Gasteiger partial charge in [0.15, 0.2) is 0 Å². The lowest BCUT2D eigenvalue weighted by Crippen LogP contribution is -2.46. The highest BCUT2D eigenvalue weighted by Gasteiger charge is 2.20. The van der Waals surface area contributed by atoms with E-state index in [1.807, 2.05) is 13.8 Å². The molecular weight excluding hydrogens is 236 g/mol. The SMILES string of the molecule is CC(C)C[C@H](NC(=O)NCc1ncc[nH]1)C(=O)O. The van der Waals surface area contributed by atoms with Crippen LogP contribution in [0.5, 0.6) is 0 Å². The molecule has 0 saturated heterocycles. The number of urea groups is 1. The standard InChI is InChI=1S/C11H18N4O3/c1-7(2)5-8(10(16)17)15-11(18)14-6-9-12-3-4-13-9/h3-4,7-8H,5-6H2,1-2H3,(H,12,13)(H,16,17)(H2,14,15,18)/t8-/m0/s1. The lowest BCUT2D eigenvalue weighted by atomic mass is 10.0. The summed E-state index contributed by atoms with van der Waals surface area (Å²) in [6, 6.07) is -1.39. The zero-order valence-corrected chi connectivity index (χ0v) is 10.4. The van der Waals surface area contributed by atoms with Crippen LogP contribution in [-0.2, 0) is 11.3 Å². The van der Waals surface area contributed by atoms with Gasteiger partial charge in [-0.25, -0.2) is 14.6 Å². The van der Waals surface area contributed by atoms with E-state index in [0.29, 0.717) is 12.2 Å². The summed E-state index contributed by atoms with van der Waals surface area (Å²) in [6.07, 6.45) is 3.62. The maximum atomic E-state index is 11.5. The van der Waals surface area contributed by atoms with Crippen molar-refractivity contribution in [2.75, 3.05) is 0 Å². The van der Waals surface area contributed by atoms with Gasteiger partial charge in [0, 0.05) is 12.4 Å². The van der Waals surface area contributed by atoms with E-state index in [2.05, 4.69) is 20.6 Å². The molecule has 18 heavy (non-hydrogen) atoms. The van der Waals surface area contributed by atoms with E-state index in [9.17, 15) is 9.59 Å². The molecule has 7 heteroatoms. The van der Waals surface area contributed by atoms with Gasteiger partial charge in [0.05, 0.1) is 6.54 Å². The minimum absolute atomic E-state index is 0.191. The van der Waals surface area contributed by atoms with E-state index in [-0.39, 0.29) is 12.5 Å². The molecule has 1 aromatic heterocycles. The fourth-order valence-electron chi connectivity index (χ4n) is 1.46. The van der Waals surface area contributed by atoms with Gasteiger partial charge in [-0.1, -0.05) is 13.8 Å². The number of H-pyrrole nitrogens is 1. The fourth-order valence-corrected chi connectivity index (χ4v) is 1.46. The van der Waals surface area contributed by atoms with Crippen molar-refractivity contribution in [3.8, 4) is 0 Å². The molecule has 0 fully saturated rings. The van der Waals surface area contributed by atoms with Crippen LogP contribution in [0, 0.1) is 5.92 Å². The lowest BCUT2D eigenvalue weighted by Gasteiger charge is -2.16. The first-order valence-corrected chi connectivity index (χ1v) is 5.74. The Balaban J connectivity index is 2.39. The molecule has 2 amide bonds. The van der Waals surface area contributed by atoms with E-state index in [1.54, 1.807) is 12.4 Å². The van der Waals surface area contributed by atoms with Gasteiger partial charge in [-0.2, -0.15) is 0 Å². The molecule has 1 heterocycles. The molecule has 0 radical (unpaired) electrons. The van der Waals surface area contributed by atoms with Crippen molar-refractivity contribution in [1.82, 2.24) is 20.6 Å². The van der Waals surface area contributed by atoms with Gasteiger partial charge in [-0.3, -0.25) is 0 Å². The molecule has 0 aliphatic heterocycles. The van der Waals surface area contributed by atoms with Gasteiger partial charge >= 0.3 is 12.0 Å². The molecule has 0 aliphatic carbocycles. The van der Waals surface area contributed by atoms with Gasteiger partial charge in [0.2, 0.25) is 0 Å². The van der Waals surface area contributed by atoms with Gasteiger partial charge in [0.25, 0.3) is 0 Å². The third-order valence-corrected chi connectivity index (χ3v) is 2.28. The van der Waals surface area contributed by atoms with Crippen LogP contribution in [0.1, 0.15) is 26.1 Å². The topological polar surface area (TPSA) is 107 Å². The van der Waals surface area contributed by atoms with Gasteiger partial charge < -0.3 is 20.7 Å². The summed E-state index contributed by atoms with van der Waals surface area (Å²) in [5.41, 5.74) is 0. The molecule has 0 unspecified atom stereocenters. The number of imidazole rings is 1. The minimum atomic E-state index is -1.03. The third kappa shape index (κ3) is 4.86. The zero-order chi connectivity index (χ0) is 13.5. The first kappa shape index (κ1) is 14.0. The van der Waals surface area contributed by atoms with Crippen molar-refractivity contribution in [1.29, 1.82) is 0 Å². The maximum Gasteiger partial charge on any atom is 0.326 e. The second-order valence-electron chi connectivity index (χ2n) is 4.38. The van der Waals surface area contributed by atoms with Crippen LogP contribution in [-0.4, -0.2) is 33.1 Å². The summed E-state index contributed by atoms with van der Waals surface area (Å²) in [7, 11) is 0. The zero-order valence-electron chi connectivity index (χ0n) is 10.4. The number of carbonyl (C=O) groups is 2. The second-order valence-corrected chi connectivity index (χ2v) is 4.38. The monoisotopic (exact) mass is 254 g/mol. The number of hydrogen-bond donors (Lipinski definition) is 4. The summed E-state index contributed by atoms with van der Waals surface area (Å²) in [6.45, 7) is 4.03. The van der Waals surface area contributed by atoms with E-state index >= 15 is 0 Å². The van der Waals surface area contributed by atoms with Crippen molar-refractivity contribution >= 4 is 12.0 Å². The molecule has 0 spiro atoms. The van der Waals surface area contributed by atoms with Crippen LogP contribution < -0.4 is 10.6 Å². The molecule has 100 valence electrons. The number of carboxylic acid groups (broad SMARTS) is 1.